The zero-order valence-corrected chi connectivity index (χ0v) is 11.0. The Morgan fingerprint density at radius 1 is 1.35 bits per heavy atom. The van der Waals surface area contributed by atoms with Gasteiger partial charge in [-0.3, -0.25) is 0 Å². The highest BCUT2D eigenvalue weighted by Gasteiger charge is 2.38. The normalized spacial score (nSPS) is 28.2. The van der Waals surface area contributed by atoms with Gasteiger partial charge >= 0.3 is 0 Å². The Morgan fingerprint density at radius 2 is 2.18 bits per heavy atom. The van der Waals surface area contributed by atoms with Crippen LogP contribution in [0.25, 0.3) is 0 Å². The van der Waals surface area contributed by atoms with E-state index in [0.717, 1.165) is 23.2 Å². The molecule has 3 rings (SSSR count). The molecule has 2 unspecified atom stereocenters. The van der Waals surface area contributed by atoms with Crippen LogP contribution in [0.3, 0.4) is 0 Å². The summed E-state index contributed by atoms with van der Waals surface area (Å²) in [6.07, 6.45) is 6.76. The van der Waals surface area contributed by atoms with Crippen molar-refractivity contribution in [3.8, 4) is 5.75 Å². The van der Waals surface area contributed by atoms with Gasteiger partial charge in [0.15, 0.2) is 16.6 Å². The Hall–Kier alpha value is -0.970. The molecule has 1 saturated heterocycles. The van der Waals surface area contributed by atoms with E-state index in [1.165, 1.54) is 43.6 Å². The number of hydrogen-bond donors (Lipinski definition) is 1. The van der Waals surface area contributed by atoms with Gasteiger partial charge in [0, 0.05) is 12.6 Å². The Bertz CT molecular complexity index is 406. The maximum absolute atomic E-state index is 5.84. The van der Waals surface area contributed by atoms with E-state index in [1.807, 2.05) is 0 Å². The summed E-state index contributed by atoms with van der Waals surface area (Å²) in [4.78, 5) is 2.48. The van der Waals surface area contributed by atoms with Gasteiger partial charge in [0.2, 0.25) is 0 Å². The number of fused-ring (bicyclic) bond motifs is 1. The molecule has 0 spiro atoms. The van der Waals surface area contributed by atoms with Gasteiger partial charge in [-0.05, 0) is 36.7 Å². The second-order valence-electron chi connectivity index (χ2n) is 5.00. The molecule has 2 N–H and O–H groups in total. The zero-order chi connectivity index (χ0) is 11.8. The van der Waals surface area contributed by atoms with Crippen molar-refractivity contribution >= 4 is 22.4 Å². The molecule has 5 heteroatoms. The molecule has 2 aliphatic rings. The van der Waals surface area contributed by atoms with E-state index in [-0.39, 0.29) is 0 Å². The summed E-state index contributed by atoms with van der Waals surface area (Å²) in [5, 5.41) is 1.14. The Labute approximate surface area is 106 Å². The quantitative estimate of drug-likeness (QED) is 0.880. The SMILES string of the molecule is COc1c(N)nsc1N1CCC2CCCCC21. The summed E-state index contributed by atoms with van der Waals surface area (Å²) >= 11 is 1.48. The highest BCUT2D eigenvalue weighted by molar-refractivity contribution is 7.11. The molecule has 94 valence electrons. The van der Waals surface area contributed by atoms with Crippen molar-refractivity contribution < 1.29 is 4.74 Å². The van der Waals surface area contributed by atoms with E-state index in [2.05, 4.69) is 9.27 Å². The molecule has 4 nitrogen and oxygen atoms in total. The number of nitrogens with two attached hydrogens (primary N) is 1. The van der Waals surface area contributed by atoms with E-state index < -0.39 is 0 Å². The molecule has 2 fully saturated rings. The average Bonchev–Trinajstić information content (AvgIpc) is 2.92. The molecule has 0 amide bonds. The molecule has 2 heterocycles. The van der Waals surface area contributed by atoms with Gasteiger partial charge < -0.3 is 15.4 Å². The fourth-order valence-corrected chi connectivity index (χ4v) is 4.19. The fourth-order valence-electron chi connectivity index (χ4n) is 3.32. The van der Waals surface area contributed by atoms with E-state index in [0.29, 0.717) is 11.9 Å². The van der Waals surface area contributed by atoms with Gasteiger partial charge in [-0.1, -0.05) is 12.8 Å². The summed E-state index contributed by atoms with van der Waals surface area (Å²) in [6.45, 7) is 1.13. The zero-order valence-electron chi connectivity index (χ0n) is 10.2. The number of nitrogens with zero attached hydrogens (tertiary/aromatic N) is 2. The lowest BCUT2D eigenvalue weighted by atomic mass is 9.85. The van der Waals surface area contributed by atoms with Crippen molar-refractivity contribution in [3.63, 3.8) is 0 Å². The minimum atomic E-state index is 0.534. The summed E-state index contributed by atoms with van der Waals surface area (Å²) in [5.41, 5.74) is 5.84. The number of nitrogen functional groups attached to an aromatic ring is 1. The third-order valence-corrected chi connectivity index (χ3v) is 5.01. The third-order valence-electron chi connectivity index (χ3n) is 4.13. The van der Waals surface area contributed by atoms with Crippen LogP contribution in [-0.2, 0) is 0 Å². The van der Waals surface area contributed by atoms with Crippen LogP contribution in [0.1, 0.15) is 32.1 Å². The van der Waals surface area contributed by atoms with Crippen molar-refractivity contribution in [1.29, 1.82) is 0 Å². The van der Waals surface area contributed by atoms with Crippen molar-refractivity contribution in [3.05, 3.63) is 0 Å². The Kier molecular flexibility index (Phi) is 2.86. The summed E-state index contributed by atoms with van der Waals surface area (Å²) in [5.74, 6) is 2.18. The number of ether oxygens (including phenoxy) is 1. The Balaban J connectivity index is 1.88. The van der Waals surface area contributed by atoms with Gasteiger partial charge in [0.05, 0.1) is 7.11 Å². The first-order valence-electron chi connectivity index (χ1n) is 6.37. The third kappa shape index (κ3) is 1.76. The monoisotopic (exact) mass is 253 g/mol. The summed E-state index contributed by atoms with van der Waals surface area (Å²) < 4.78 is 9.61. The van der Waals surface area contributed by atoms with E-state index in [9.17, 15) is 0 Å². The predicted molar refractivity (Wildman–Crippen MR) is 70.8 cm³/mol. The first-order chi connectivity index (χ1) is 8.31. The summed E-state index contributed by atoms with van der Waals surface area (Å²) in [7, 11) is 1.68. The number of aromatic nitrogens is 1. The first kappa shape index (κ1) is 11.1. The average molecular weight is 253 g/mol. The van der Waals surface area contributed by atoms with Crippen LogP contribution in [-0.4, -0.2) is 24.1 Å². The number of methoxy groups -OCH3 is 1. The van der Waals surface area contributed by atoms with Gasteiger partial charge in [-0.2, -0.15) is 4.37 Å². The minimum absolute atomic E-state index is 0.534. The van der Waals surface area contributed by atoms with Crippen LogP contribution in [0.2, 0.25) is 0 Å². The highest BCUT2D eigenvalue weighted by Crippen LogP contribution is 2.45. The first-order valence-corrected chi connectivity index (χ1v) is 7.14. The number of rotatable bonds is 2. The largest absolute Gasteiger partial charge is 0.490 e. The van der Waals surface area contributed by atoms with Crippen LogP contribution in [0.15, 0.2) is 0 Å². The molecule has 2 atom stereocenters. The molecule has 1 aliphatic carbocycles. The molecular formula is C12H19N3OS. The fraction of sp³-hybridized carbons (Fsp3) is 0.750. The molecule has 0 aromatic carbocycles. The molecule has 17 heavy (non-hydrogen) atoms. The van der Waals surface area contributed by atoms with Gasteiger partial charge in [0.1, 0.15) is 0 Å². The van der Waals surface area contributed by atoms with Gasteiger partial charge in [0.25, 0.3) is 0 Å². The van der Waals surface area contributed by atoms with E-state index >= 15 is 0 Å². The van der Waals surface area contributed by atoms with Crippen molar-refractivity contribution in [1.82, 2.24) is 4.37 Å². The van der Waals surface area contributed by atoms with Crippen LogP contribution in [0.5, 0.6) is 5.75 Å². The van der Waals surface area contributed by atoms with E-state index in [4.69, 9.17) is 10.5 Å². The second kappa shape index (κ2) is 4.37. The smallest absolute Gasteiger partial charge is 0.197 e. The van der Waals surface area contributed by atoms with Crippen molar-refractivity contribution in [2.24, 2.45) is 5.92 Å². The molecule has 1 aliphatic heterocycles. The van der Waals surface area contributed by atoms with E-state index in [1.54, 1.807) is 7.11 Å². The molecule has 1 aromatic rings. The van der Waals surface area contributed by atoms with Crippen molar-refractivity contribution in [2.45, 2.75) is 38.1 Å². The Morgan fingerprint density at radius 3 is 3.00 bits per heavy atom. The second-order valence-corrected chi connectivity index (χ2v) is 5.75. The van der Waals surface area contributed by atoms with Gasteiger partial charge in [-0.25, -0.2) is 0 Å². The highest BCUT2D eigenvalue weighted by atomic mass is 32.1. The minimum Gasteiger partial charge on any atom is -0.490 e. The maximum Gasteiger partial charge on any atom is 0.197 e. The lowest BCUT2D eigenvalue weighted by Gasteiger charge is -2.32. The molecule has 0 radical (unpaired) electrons. The summed E-state index contributed by atoms with van der Waals surface area (Å²) in [6, 6.07) is 0.692. The van der Waals surface area contributed by atoms with Crippen molar-refractivity contribution in [2.75, 3.05) is 24.3 Å². The van der Waals surface area contributed by atoms with Gasteiger partial charge in [-0.15, -0.1) is 0 Å². The molecule has 0 bridgehead atoms. The topological polar surface area (TPSA) is 51.4 Å². The lowest BCUT2D eigenvalue weighted by Crippen LogP contribution is -2.34. The van der Waals surface area contributed by atoms with Crippen LogP contribution >= 0.6 is 11.5 Å². The van der Waals surface area contributed by atoms with Crippen LogP contribution in [0.4, 0.5) is 10.8 Å². The maximum atomic E-state index is 5.84. The number of hydrogen-bond acceptors (Lipinski definition) is 5. The lowest BCUT2D eigenvalue weighted by molar-refractivity contribution is 0.341. The molecular weight excluding hydrogens is 234 g/mol. The molecule has 1 saturated carbocycles. The van der Waals surface area contributed by atoms with Crippen LogP contribution < -0.4 is 15.4 Å². The predicted octanol–water partition coefficient (Wildman–Crippen LogP) is 2.50. The molecule has 1 aromatic heterocycles. The number of anilines is 2. The standard InChI is InChI=1S/C12H19N3OS/c1-16-10-11(13)14-17-12(10)15-7-6-8-4-2-3-5-9(8)15/h8-9H,2-7H2,1H3,(H2,13,14). The van der Waals surface area contributed by atoms with Crippen LogP contribution in [0, 0.1) is 5.92 Å².